The number of rotatable bonds is 11. The molecule has 2 saturated heterocycles. The number of ether oxygens (including phenoxy) is 3. The predicted molar refractivity (Wildman–Crippen MR) is 199 cm³/mol. The van der Waals surface area contributed by atoms with Gasteiger partial charge in [-0.1, -0.05) is 118 Å². The van der Waals surface area contributed by atoms with Gasteiger partial charge >= 0.3 is 0 Å². The summed E-state index contributed by atoms with van der Waals surface area (Å²) in [5.74, 6) is 0. The predicted octanol–water partition coefficient (Wildman–Crippen LogP) is 9.38. The first-order valence-corrected chi connectivity index (χ1v) is 24.5. The van der Waals surface area contributed by atoms with E-state index in [2.05, 4.69) is 107 Å². The highest BCUT2D eigenvalue weighted by Gasteiger charge is 2.52. The molecule has 7 nitrogen and oxygen atoms in total. The lowest BCUT2D eigenvalue weighted by Gasteiger charge is -2.39. The van der Waals surface area contributed by atoms with E-state index in [-0.39, 0.29) is 28.6 Å². The molecule has 2 fully saturated rings. The van der Waals surface area contributed by atoms with Gasteiger partial charge in [0.15, 0.2) is 19.1 Å². The maximum absolute atomic E-state index is 6.94. The van der Waals surface area contributed by atoms with Gasteiger partial charge in [0.25, 0.3) is 0 Å². The van der Waals surface area contributed by atoms with Crippen LogP contribution in [-0.4, -0.2) is 74.3 Å². The van der Waals surface area contributed by atoms with Gasteiger partial charge in [0, 0.05) is 20.2 Å². The normalized spacial score (nSPS) is 21.9. The van der Waals surface area contributed by atoms with Crippen molar-refractivity contribution in [3.05, 3.63) is 65.7 Å². The second-order valence-corrected chi connectivity index (χ2v) is 27.4. The lowest BCUT2D eigenvalue weighted by atomic mass is 10.0. The molecule has 4 aromatic rings. The van der Waals surface area contributed by atoms with Crippen molar-refractivity contribution >= 4 is 50.9 Å². The minimum Gasteiger partial charge on any atom is -0.409 e. The van der Waals surface area contributed by atoms with Gasteiger partial charge in [-0.2, -0.15) is 0 Å². The SMILES string of the molecule is CC(C)(C)[Si](C)(C)O[C@@H]1CO[C@H]2[C@@H]1OC[C@H]2Sc1nc2nc(-c3ccc(-c4ccccc4)cc3)c(Cl)cc2n1COCC[Si](C)(C)C. The van der Waals surface area contributed by atoms with Crippen molar-refractivity contribution < 1.29 is 18.6 Å². The van der Waals surface area contributed by atoms with Gasteiger partial charge in [0.1, 0.15) is 18.9 Å². The number of imidazole rings is 1. The summed E-state index contributed by atoms with van der Waals surface area (Å²) in [6, 6.07) is 21.8. The van der Waals surface area contributed by atoms with Crippen molar-refractivity contribution in [3.8, 4) is 22.4 Å². The summed E-state index contributed by atoms with van der Waals surface area (Å²) in [4.78, 5) is 10.1. The van der Waals surface area contributed by atoms with Crippen LogP contribution in [0.25, 0.3) is 33.5 Å². The lowest BCUT2D eigenvalue weighted by Crippen LogP contribution is -2.47. The Morgan fingerprint density at radius 1 is 0.894 bits per heavy atom. The number of fused-ring (bicyclic) bond motifs is 2. The van der Waals surface area contributed by atoms with Crippen molar-refractivity contribution in [2.75, 3.05) is 19.8 Å². The molecule has 0 saturated carbocycles. The molecule has 6 rings (SSSR count). The zero-order chi connectivity index (χ0) is 33.6. The summed E-state index contributed by atoms with van der Waals surface area (Å²) in [6.45, 7) is 20.7. The number of hydrogen-bond acceptors (Lipinski definition) is 7. The minimum atomic E-state index is -1.97. The van der Waals surface area contributed by atoms with Crippen molar-refractivity contribution in [1.82, 2.24) is 14.5 Å². The van der Waals surface area contributed by atoms with E-state index in [0.717, 1.165) is 27.8 Å². The average Bonchev–Trinajstić information content (AvgIpc) is 3.69. The van der Waals surface area contributed by atoms with E-state index in [1.54, 1.807) is 11.8 Å². The number of halogens is 1. The Morgan fingerprint density at radius 2 is 1.55 bits per heavy atom. The van der Waals surface area contributed by atoms with Crippen LogP contribution in [0.4, 0.5) is 0 Å². The number of thioether (sulfide) groups is 1. The standard InChI is InChI=1S/C36H48ClN3O4SSi2/c1-36(2,3)47(7,8)44-29-21-42-33-30(22-43-32(29)33)45-35-39-34-28(40(35)23-41-18-19-46(4,5)6)20-27(37)31(38-34)26-16-14-25(15-17-26)24-12-10-9-11-13-24/h9-17,20,29-30,32-33H,18-19,21-23H2,1-8H3/t29-,30-,32-,33-/m1/s1. The van der Waals surface area contributed by atoms with Crippen molar-refractivity contribution in [3.63, 3.8) is 0 Å². The molecule has 252 valence electrons. The Morgan fingerprint density at radius 3 is 2.23 bits per heavy atom. The van der Waals surface area contributed by atoms with Crippen LogP contribution >= 0.6 is 23.4 Å². The third-order valence-electron chi connectivity index (χ3n) is 9.61. The largest absolute Gasteiger partial charge is 0.409 e. The third kappa shape index (κ3) is 7.75. The second kappa shape index (κ2) is 13.7. The molecule has 0 spiro atoms. The van der Waals surface area contributed by atoms with Gasteiger partial charge in [0.05, 0.1) is 40.8 Å². The van der Waals surface area contributed by atoms with Gasteiger partial charge in [0.2, 0.25) is 0 Å². The number of hydrogen-bond donors (Lipinski definition) is 0. The highest BCUT2D eigenvalue weighted by molar-refractivity contribution is 7.99. The molecule has 11 heteroatoms. The molecule has 0 aliphatic carbocycles. The van der Waals surface area contributed by atoms with Crippen LogP contribution in [-0.2, 0) is 25.4 Å². The fraction of sp³-hybridized carbons (Fsp3) is 0.500. The summed E-state index contributed by atoms with van der Waals surface area (Å²) < 4.78 is 27.9. The molecule has 0 radical (unpaired) electrons. The first kappa shape index (κ1) is 34.8. The van der Waals surface area contributed by atoms with E-state index in [4.69, 9.17) is 40.2 Å². The Hall–Kier alpha value is -2.03. The van der Waals surface area contributed by atoms with Crippen LogP contribution in [0.1, 0.15) is 20.8 Å². The molecular formula is C36H48ClN3O4SSi2. The van der Waals surface area contributed by atoms with E-state index in [1.165, 1.54) is 5.56 Å². The Balaban J connectivity index is 1.26. The monoisotopic (exact) mass is 709 g/mol. The zero-order valence-electron chi connectivity index (χ0n) is 28.9. The molecule has 2 aromatic heterocycles. The van der Waals surface area contributed by atoms with Crippen molar-refractivity contribution in [1.29, 1.82) is 0 Å². The molecule has 0 unspecified atom stereocenters. The smallest absolute Gasteiger partial charge is 0.192 e. The van der Waals surface area contributed by atoms with E-state index in [9.17, 15) is 0 Å². The van der Waals surface area contributed by atoms with Crippen LogP contribution in [0.2, 0.25) is 48.8 Å². The summed E-state index contributed by atoms with van der Waals surface area (Å²) in [5.41, 5.74) is 5.49. The summed E-state index contributed by atoms with van der Waals surface area (Å²) in [7, 11) is -3.20. The van der Waals surface area contributed by atoms with Crippen LogP contribution in [0.5, 0.6) is 0 Å². The first-order chi connectivity index (χ1) is 22.2. The van der Waals surface area contributed by atoms with Crippen LogP contribution in [0.15, 0.2) is 65.8 Å². The molecule has 2 aromatic carbocycles. The van der Waals surface area contributed by atoms with Gasteiger partial charge in [-0.25, -0.2) is 9.97 Å². The van der Waals surface area contributed by atoms with Gasteiger partial charge < -0.3 is 18.6 Å². The Bertz CT molecular complexity index is 1690. The Labute approximate surface area is 290 Å². The lowest BCUT2D eigenvalue weighted by molar-refractivity contribution is 0.0246. The second-order valence-electron chi connectivity index (χ2n) is 15.4. The van der Waals surface area contributed by atoms with Gasteiger partial charge in [-0.05, 0) is 41.4 Å². The quantitative estimate of drug-likeness (QED) is 0.114. The maximum atomic E-state index is 6.94. The van der Waals surface area contributed by atoms with Gasteiger partial charge in [-0.15, -0.1) is 0 Å². The van der Waals surface area contributed by atoms with Crippen molar-refractivity contribution in [2.45, 2.75) is 100 Å². The molecular weight excluding hydrogens is 662 g/mol. The van der Waals surface area contributed by atoms with E-state index in [0.29, 0.717) is 42.9 Å². The average molecular weight is 710 g/mol. The number of pyridine rings is 1. The first-order valence-electron chi connectivity index (χ1n) is 16.6. The van der Waals surface area contributed by atoms with Crippen LogP contribution in [0, 0.1) is 0 Å². The molecule has 47 heavy (non-hydrogen) atoms. The fourth-order valence-corrected chi connectivity index (χ4v) is 9.26. The maximum Gasteiger partial charge on any atom is 0.192 e. The van der Waals surface area contributed by atoms with E-state index in [1.807, 2.05) is 12.1 Å². The fourth-order valence-electron chi connectivity index (χ4n) is 5.73. The highest BCUT2D eigenvalue weighted by atomic mass is 35.5. The minimum absolute atomic E-state index is 0.0495. The molecule has 4 heterocycles. The molecule has 2 aliphatic rings. The molecule has 0 N–H and O–H groups in total. The van der Waals surface area contributed by atoms with Crippen LogP contribution in [0.3, 0.4) is 0 Å². The molecule has 0 bridgehead atoms. The van der Waals surface area contributed by atoms with Gasteiger partial charge in [-0.3, -0.25) is 4.57 Å². The molecule has 4 atom stereocenters. The number of aromatic nitrogens is 3. The summed E-state index contributed by atoms with van der Waals surface area (Å²) >= 11 is 8.62. The number of nitrogens with zero attached hydrogens (tertiary/aromatic N) is 3. The summed E-state index contributed by atoms with van der Waals surface area (Å²) in [6.07, 6.45) is -0.192. The van der Waals surface area contributed by atoms with E-state index < -0.39 is 16.4 Å². The van der Waals surface area contributed by atoms with Crippen LogP contribution < -0.4 is 0 Å². The number of benzene rings is 2. The van der Waals surface area contributed by atoms with Crippen molar-refractivity contribution in [2.24, 2.45) is 0 Å². The zero-order valence-corrected chi connectivity index (χ0v) is 32.5. The molecule has 2 aliphatic heterocycles. The molecule has 0 amide bonds. The highest BCUT2D eigenvalue weighted by Crippen LogP contribution is 2.43. The summed E-state index contributed by atoms with van der Waals surface area (Å²) in [5, 5.41) is 1.61. The third-order valence-corrected chi connectivity index (χ3v) is 17.3. The Kier molecular flexibility index (Phi) is 10.2. The van der Waals surface area contributed by atoms with E-state index >= 15 is 0 Å². The topological polar surface area (TPSA) is 67.6 Å².